The Morgan fingerprint density at radius 1 is 1.15 bits per heavy atom. The Bertz CT molecular complexity index is 157. The molecule has 0 radical (unpaired) electrons. The third-order valence-electron chi connectivity index (χ3n) is 3.29. The summed E-state index contributed by atoms with van der Waals surface area (Å²) in [6, 6.07) is 0.658. The summed E-state index contributed by atoms with van der Waals surface area (Å²) in [5.74, 6) is 0. The van der Waals surface area contributed by atoms with Gasteiger partial charge in [-0.2, -0.15) is 0 Å². The molecule has 0 spiro atoms. The molecule has 1 heterocycles. The quantitative estimate of drug-likeness (QED) is 0.611. The highest BCUT2D eigenvalue weighted by molar-refractivity contribution is 4.82. The SMILES string of the molecule is OC1CCCC(N2CCNCC2)C1. The second kappa shape index (κ2) is 4.40. The standard InChI is InChI=1S/C10H20N2O/c13-10-3-1-2-9(8-10)12-6-4-11-5-7-12/h9-11,13H,1-8H2. The van der Waals surface area contributed by atoms with Crippen molar-refractivity contribution in [1.29, 1.82) is 0 Å². The van der Waals surface area contributed by atoms with E-state index >= 15 is 0 Å². The van der Waals surface area contributed by atoms with Crippen LogP contribution in [0, 0.1) is 0 Å². The van der Waals surface area contributed by atoms with Gasteiger partial charge in [0.05, 0.1) is 6.10 Å². The first-order valence-corrected chi connectivity index (χ1v) is 5.49. The number of nitrogens with one attached hydrogen (secondary N) is 1. The lowest BCUT2D eigenvalue weighted by Crippen LogP contribution is -2.50. The van der Waals surface area contributed by atoms with E-state index < -0.39 is 0 Å². The van der Waals surface area contributed by atoms with E-state index in [1.165, 1.54) is 12.8 Å². The summed E-state index contributed by atoms with van der Waals surface area (Å²) in [5, 5.41) is 12.9. The van der Waals surface area contributed by atoms with Crippen LogP contribution in [0.15, 0.2) is 0 Å². The van der Waals surface area contributed by atoms with E-state index in [0.29, 0.717) is 6.04 Å². The van der Waals surface area contributed by atoms with Crippen LogP contribution in [-0.2, 0) is 0 Å². The number of nitrogens with zero attached hydrogens (tertiary/aromatic N) is 1. The third-order valence-corrected chi connectivity index (χ3v) is 3.29. The fourth-order valence-corrected chi connectivity index (χ4v) is 2.52. The number of hydrogen-bond donors (Lipinski definition) is 2. The number of hydrogen-bond acceptors (Lipinski definition) is 3. The molecular weight excluding hydrogens is 164 g/mol. The molecular formula is C10H20N2O. The van der Waals surface area contributed by atoms with Crippen LogP contribution in [0.5, 0.6) is 0 Å². The van der Waals surface area contributed by atoms with E-state index in [2.05, 4.69) is 10.2 Å². The van der Waals surface area contributed by atoms with E-state index in [1.54, 1.807) is 0 Å². The molecule has 2 N–H and O–H groups in total. The summed E-state index contributed by atoms with van der Waals surface area (Å²) in [5.41, 5.74) is 0. The smallest absolute Gasteiger partial charge is 0.0555 e. The van der Waals surface area contributed by atoms with Gasteiger partial charge in [-0.3, -0.25) is 4.90 Å². The van der Waals surface area contributed by atoms with Crippen molar-refractivity contribution in [3.63, 3.8) is 0 Å². The molecule has 3 heteroatoms. The average Bonchev–Trinajstić information content (AvgIpc) is 2.19. The van der Waals surface area contributed by atoms with Crippen molar-refractivity contribution in [3.05, 3.63) is 0 Å². The van der Waals surface area contributed by atoms with Crippen LogP contribution >= 0.6 is 0 Å². The van der Waals surface area contributed by atoms with Crippen LogP contribution in [-0.4, -0.2) is 48.3 Å². The molecule has 1 aliphatic heterocycles. The molecule has 2 unspecified atom stereocenters. The van der Waals surface area contributed by atoms with Crippen LogP contribution in [0.4, 0.5) is 0 Å². The van der Waals surface area contributed by atoms with Crippen molar-refractivity contribution in [2.24, 2.45) is 0 Å². The Morgan fingerprint density at radius 2 is 1.92 bits per heavy atom. The number of rotatable bonds is 1. The lowest BCUT2D eigenvalue weighted by molar-refractivity contribution is 0.0562. The normalized spacial score (nSPS) is 37.6. The van der Waals surface area contributed by atoms with Gasteiger partial charge in [0.25, 0.3) is 0 Å². The molecule has 13 heavy (non-hydrogen) atoms. The van der Waals surface area contributed by atoms with E-state index in [9.17, 15) is 5.11 Å². The fraction of sp³-hybridized carbons (Fsp3) is 1.00. The average molecular weight is 184 g/mol. The van der Waals surface area contributed by atoms with Crippen LogP contribution in [0.25, 0.3) is 0 Å². The second-order valence-corrected chi connectivity index (χ2v) is 4.26. The van der Waals surface area contributed by atoms with Crippen LogP contribution in [0.1, 0.15) is 25.7 Å². The first-order valence-electron chi connectivity index (χ1n) is 5.49. The molecule has 2 fully saturated rings. The van der Waals surface area contributed by atoms with Gasteiger partial charge < -0.3 is 10.4 Å². The highest BCUT2D eigenvalue weighted by Crippen LogP contribution is 2.23. The van der Waals surface area contributed by atoms with E-state index in [4.69, 9.17) is 0 Å². The van der Waals surface area contributed by atoms with Crippen molar-refractivity contribution in [1.82, 2.24) is 10.2 Å². The third kappa shape index (κ3) is 2.42. The van der Waals surface area contributed by atoms with Gasteiger partial charge in [0.1, 0.15) is 0 Å². The largest absolute Gasteiger partial charge is 0.393 e. The maximum absolute atomic E-state index is 9.57. The Kier molecular flexibility index (Phi) is 3.19. The van der Waals surface area contributed by atoms with Gasteiger partial charge in [-0.05, 0) is 25.7 Å². The van der Waals surface area contributed by atoms with Gasteiger partial charge in [-0.25, -0.2) is 0 Å². The topological polar surface area (TPSA) is 35.5 Å². The summed E-state index contributed by atoms with van der Waals surface area (Å²) in [6.45, 7) is 4.56. The van der Waals surface area contributed by atoms with Gasteiger partial charge in [-0.15, -0.1) is 0 Å². The molecule has 1 aliphatic carbocycles. The number of aliphatic hydroxyl groups excluding tert-OH is 1. The van der Waals surface area contributed by atoms with Gasteiger partial charge in [0, 0.05) is 32.2 Å². The fourth-order valence-electron chi connectivity index (χ4n) is 2.52. The van der Waals surface area contributed by atoms with Gasteiger partial charge in [0.15, 0.2) is 0 Å². The monoisotopic (exact) mass is 184 g/mol. The highest BCUT2D eigenvalue weighted by Gasteiger charge is 2.25. The Labute approximate surface area is 80.1 Å². The molecule has 2 aliphatic rings. The van der Waals surface area contributed by atoms with Gasteiger partial charge >= 0.3 is 0 Å². The predicted octanol–water partition coefficient (Wildman–Crippen LogP) is 0.195. The Hall–Kier alpha value is -0.120. The molecule has 2 rings (SSSR count). The zero-order chi connectivity index (χ0) is 9.10. The molecule has 0 bridgehead atoms. The van der Waals surface area contributed by atoms with Crippen LogP contribution in [0.2, 0.25) is 0 Å². The van der Waals surface area contributed by atoms with Gasteiger partial charge in [0.2, 0.25) is 0 Å². The van der Waals surface area contributed by atoms with Crippen molar-refractivity contribution in [2.45, 2.75) is 37.8 Å². The minimum absolute atomic E-state index is 0.0337. The first kappa shape index (κ1) is 9.44. The predicted molar refractivity (Wildman–Crippen MR) is 52.7 cm³/mol. The minimum Gasteiger partial charge on any atom is -0.393 e. The molecule has 1 saturated carbocycles. The Balaban J connectivity index is 1.83. The minimum atomic E-state index is -0.0337. The summed E-state index contributed by atoms with van der Waals surface area (Å²) in [4.78, 5) is 2.54. The van der Waals surface area contributed by atoms with E-state index in [0.717, 1.165) is 39.0 Å². The lowest BCUT2D eigenvalue weighted by atomic mass is 9.91. The molecule has 76 valence electrons. The first-order chi connectivity index (χ1) is 6.36. The van der Waals surface area contributed by atoms with Gasteiger partial charge in [-0.1, -0.05) is 0 Å². The van der Waals surface area contributed by atoms with E-state index in [-0.39, 0.29) is 6.10 Å². The molecule has 1 saturated heterocycles. The van der Waals surface area contributed by atoms with E-state index in [1.807, 2.05) is 0 Å². The van der Waals surface area contributed by atoms with Crippen molar-refractivity contribution in [2.75, 3.05) is 26.2 Å². The van der Waals surface area contributed by atoms with Crippen molar-refractivity contribution < 1.29 is 5.11 Å². The zero-order valence-corrected chi connectivity index (χ0v) is 8.21. The molecule has 0 aromatic carbocycles. The molecule has 2 atom stereocenters. The summed E-state index contributed by atoms with van der Waals surface area (Å²) in [6.07, 6.45) is 4.48. The number of aliphatic hydroxyl groups is 1. The molecule has 0 aromatic heterocycles. The summed E-state index contributed by atoms with van der Waals surface area (Å²) >= 11 is 0. The van der Waals surface area contributed by atoms with Crippen LogP contribution in [0.3, 0.4) is 0 Å². The highest BCUT2D eigenvalue weighted by atomic mass is 16.3. The summed E-state index contributed by atoms with van der Waals surface area (Å²) in [7, 11) is 0. The lowest BCUT2D eigenvalue weighted by Gasteiger charge is -2.38. The molecule has 0 amide bonds. The molecule has 0 aromatic rings. The maximum Gasteiger partial charge on any atom is 0.0555 e. The van der Waals surface area contributed by atoms with Crippen LogP contribution < -0.4 is 5.32 Å². The number of piperazine rings is 1. The van der Waals surface area contributed by atoms with Crippen molar-refractivity contribution >= 4 is 0 Å². The maximum atomic E-state index is 9.57. The zero-order valence-electron chi connectivity index (χ0n) is 8.21. The second-order valence-electron chi connectivity index (χ2n) is 4.26. The van der Waals surface area contributed by atoms with Crippen molar-refractivity contribution in [3.8, 4) is 0 Å². The molecule has 3 nitrogen and oxygen atoms in total. The Morgan fingerprint density at radius 3 is 2.62 bits per heavy atom. The summed E-state index contributed by atoms with van der Waals surface area (Å²) < 4.78 is 0.